The van der Waals surface area contributed by atoms with Gasteiger partial charge in [0.2, 0.25) is 0 Å². The van der Waals surface area contributed by atoms with E-state index in [-0.39, 0.29) is 0 Å². The summed E-state index contributed by atoms with van der Waals surface area (Å²) in [5.74, 6) is 0.837. The maximum Gasteiger partial charge on any atom is 0.699 e. The zero-order valence-corrected chi connectivity index (χ0v) is 10.0. The molecule has 0 aliphatic heterocycles. The summed E-state index contributed by atoms with van der Waals surface area (Å²) in [6.07, 6.45) is 0. The van der Waals surface area contributed by atoms with Crippen LogP contribution in [0.5, 0.6) is 11.5 Å². The van der Waals surface area contributed by atoms with Gasteiger partial charge < -0.3 is 23.9 Å². The maximum atomic E-state index is 9.47. The van der Waals surface area contributed by atoms with Crippen LogP contribution in [-0.4, -0.2) is 24.7 Å². The van der Waals surface area contributed by atoms with Gasteiger partial charge in [0.05, 0.1) is 0 Å². The molecule has 7 heteroatoms. The van der Waals surface area contributed by atoms with Gasteiger partial charge in [-0.2, -0.15) is 0 Å². The van der Waals surface area contributed by atoms with Crippen molar-refractivity contribution < 1.29 is 23.9 Å². The van der Waals surface area contributed by atoms with Gasteiger partial charge in [0, 0.05) is 0 Å². The molecule has 0 radical (unpaired) electrons. The fourth-order valence-electron chi connectivity index (χ4n) is 1.39. The number of rotatable bonds is 6. The molecule has 2 aromatic carbocycles. The minimum atomic E-state index is -1.62. The minimum Gasteiger partial charge on any atom is -0.513 e. The summed E-state index contributed by atoms with van der Waals surface area (Å²) in [6.45, 7) is 0. The quantitative estimate of drug-likeness (QED) is 0.759. The van der Waals surface area contributed by atoms with Gasteiger partial charge in [-0.05, 0) is 24.3 Å². The van der Waals surface area contributed by atoms with Gasteiger partial charge in [-0.15, -0.1) is 0 Å². The first kappa shape index (κ1) is 13.5. The monoisotopic (exact) mass is 258 g/mol. The summed E-state index contributed by atoms with van der Waals surface area (Å²) in [6, 6.07) is 17.2. The SMILES string of the molecule is OB(OB(O)Oc1ccccc1)Oc1ccccc1. The Morgan fingerprint density at radius 1 is 0.632 bits per heavy atom. The number of benzene rings is 2. The fraction of sp³-hybridized carbons (Fsp3) is 0. The maximum absolute atomic E-state index is 9.47. The van der Waals surface area contributed by atoms with Gasteiger partial charge in [0.1, 0.15) is 11.5 Å². The van der Waals surface area contributed by atoms with Crippen molar-refractivity contribution in [2.45, 2.75) is 0 Å². The van der Waals surface area contributed by atoms with Crippen LogP contribution < -0.4 is 9.31 Å². The average Bonchev–Trinajstić information content (AvgIpc) is 2.40. The van der Waals surface area contributed by atoms with Gasteiger partial charge in [-0.3, -0.25) is 0 Å². The highest BCUT2D eigenvalue weighted by Crippen LogP contribution is 2.11. The second kappa shape index (κ2) is 6.84. The van der Waals surface area contributed by atoms with E-state index in [0.717, 1.165) is 0 Å². The van der Waals surface area contributed by atoms with Crippen molar-refractivity contribution in [1.82, 2.24) is 0 Å². The van der Waals surface area contributed by atoms with Crippen LogP contribution in [0, 0.1) is 0 Å². The van der Waals surface area contributed by atoms with Gasteiger partial charge in [0.15, 0.2) is 0 Å². The Kier molecular flexibility index (Phi) is 4.85. The molecular weight excluding hydrogens is 246 g/mol. The number of para-hydroxylation sites is 2. The van der Waals surface area contributed by atoms with E-state index in [1.165, 1.54) is 0 Å². The molecule has 0 aromatic heterocycles. The molecule has 0 bridgehead atoms. The number of hydrogen-bond acceptors (Lipinski definition) is 5. The Bertz CT molecular complexity index is 436. The summed E-state index contributed by atoms with van der Waals surface area (Å²) in [5, 5.41) is 18.9. The Balaban J connectivity index is 1.80. The zero-order chi connectivity index (χ0) is 13.5. The van der Waals surface area contributed by atoms with E-state index in [2.05, 4.69) is 0 Å². The predicted octanol–water partition coefficient (Wildman–Crippen LogP) is 1.12. The highest BCUT2D eigenvalue weighted by molar-refractivity contribution is 6.51. The molecule has 0 aliphatic carbocycles. The van der Waals surface area contributed by atoms with E-state index in [0.29, 0.717) is 11.5 Å². The second-order valence-electron chi connectivity index (χ2n) is 3.61. The molecule has 0 saturated carbocycles. The standard InChI is InChI=1S/C12H12B2O5/c15-13(17-11-7-3-1-4-8-11)19-14(16)18-12-9-5-2-6-10-12/h1-10,15-16H. The fourth-order valence-corrected chi connectivity index (χ4v) is 1.39. The molecule has 5 nitrogen and oxygen atoms in total. The molecule has 96 valence electrons. The Labute approximate surface area is 111 Å². The van der Waals surface area contributed by atoms with Crippen LogP contribution in [0.3, 0.4) is 0 Å². The summed E-state index contributed by atoms with van der Waals surface area (Å²) in [7, 11) is -3.25. The van der Waals surface area contributed by atoms with Gasteiger partial charge in [-0.1, -0.05) is 36.4 Å². The van der Waals surface area contributed by atoms with Crippen LogP contribution in [0.1, 0.15) is 0 Å². The smallest absolute Gasteiger partial charge is 0.513 e. The summed E-state index contributed by atoms with van der Waals surface area (Å²) < 4.78 is 14.8. The first-order valence-electron chi connectivity index (χ1n) is 5.69. The molecule has 0 spiro atoms. The lowest BCUT2D eigenvalue weighted by molar-refractivity contribution is 0.225. The molecule has 0 fully saturated rings. The van der Waals surface area contributed by atoms with Crippen molar-refractivity contribution >= 4 is 14.6 Å². The molecule has 0 aliphatic rings. The lowest BCUT2D eigenvalue weighted by Crippen LogP contribution is -2.38. The van der Waals surface area contributed by atoms with Gasteiger partial charge in [0.25, 0.3) is 0 Å². The third kappa shape index (κ3) is 4.67. The molecule has 0 heterocycles. The Hall–Kier alpha value is -1.95. The third-order valence-corrected chi connectivity index (χ3v) is 2.19. The molecule has 0 amide bonds. The van der Waals surface area contributed by atoms with Crippen molar-refractivity contribution in [2.75, 3.05) is 0 Å². The van der Waals surface area contributed by atoms with E-state index in [1.807, 2.05) is 12.1 Å². The van der Waals surface area contributed by atoms with Crippen LogP contribution in [0.15, 0.2) is 60.7 Å². The van der Waals surface area contributed by atoms with Crippen LogP contribution in [-0.2, 0) is 4.57 Å². The average molecular weight is 258 g/mol. The molecule has 0 unspecified atom stereocenters. The predicted molar refractivity (Wildman–Crippen MR) is 71.2 cm³/mol. The van der Waals surface area contributed by atoms with Gasteiger partial charge in [-0.25, -0.2) is 0 Å². The van der Waals surface area contributed by atoms with E-state index in [1.54, 1.807) is 48.5 Å². The van der Waals surface area contributed by atoms with Crippen LogP contribution in [0.4, 0.5) is 0 Å². The second-order valence-corrected chi connectivity index (χ2v) is 3.61. The van der Waals surface area contributed by atoms with Crippen molar-refractivity contribution in [1.29, 1.82) is 0 Å². The van der Waals surface area contributed by atoms with Crippen molar-refractivity contribution in [3.8, 4) is 11.5 Å². The van der Waals surface area contributed by atoms with Crippen molar-refractivity contribution in [2.24, 2.45) is 0 Å². The third-order valence-electron chi connectivity index (χ3n) is 2.19. The van der Waals surface area contributed by atoms with Crippen LogP contribution >= 0.6 is 0 Å². The first-order valence-corrected chi connectivity index (χ1v) is 5.69. The normalized spacial score (nSPS) is 9.79. The Morgan fingerprint density at radius 3 is 1.37 bits per heavy atom. The number of hydrogen-bond donors (Lipinski definition) is 2. The first-order chi connectivity index (χ1) is 9.24. The van der Waals surface area contributed by atoms with E-state index in [4.69, 9.17) is 13.9 Å². The van der Waals surface area contributed by atoms with E-state index < -0.39 is 14.6 Å². The van der Waals surface area contributed by atoms with Crippen LogP contribution in [0.2, 0.25) is 0 Å². The van der Waals surface area contributed by atoms with Crippen molar-refractivity contribution in [3.63, 3.8) is 0 Å². The minimum absolute atomic E-state index is 0.418. The zero-order valence-electron chi connectivity index (χ0n) is 10.0. The molecule has 19 heavy (non-hydrogen) atoms. The van der Waals surface area contributed by atoms with Crippen LogP contribution in [0.25, 0.3) is 0 Å². The Morgan fingerprint density at radius 2 is 1.00 bits per heavy atom. The summed E-state index contributed by atoms with van der Waals surface area (Å²) in [4.78, 5) is 0. The summed E-state index contributed by atoms with van der Waals surface area (Å²) >= 11 is 0. The highest BCUT2D eigenvalue weighted by atomic mass is 16.8. The summed E-state index contributed by atoms with van der Waals surface area (Å²) in [5.41, 5.74) is 0. The lowest BCUT2D eigenvalue weighted by atomic mass is 10.1. The largest absolute Gasteiger partial charge is 0.699 e. The van der Waals surface area contributed by atoms with E-state index in [9.17, 15) is 10.0 Å². The molecular formula is C12H12B2O5. The molecule has 0 atom stereocenters. The molecule has 2 aromatic rings. The lowest BCUT2D eigenvalue weighted by Gasteiger charge is -2.12. The van der Waals surface area contributed by atoms with Crippen molar-refractivity contribution in [3.05, 3.63) is 60.7 Å². The highest BCUT2D eigenvalue weighted by Gasteiger charge is 2.30. The topological polar surface area (TPSA) is 68.2 Å². The molecule has 2 N–H and O–H groups in total. The molecule has 2 rings (SSSR count). The molecule has 0 saturated heterocycles. The van der Waals surface area contributed by atoms with E-state index >= 15 is 0 Å². The van der Waals surface area contributed by atoms with Gasteiger partial charge >= 0.3 is 14.6 Å².